The largest absolute Gasteiger partial charge is 0.481 e. The first-order valence-electron chi connectivity index (χ1n) is 7.26. The molecule has 2 heterocycles. The lowest BCUT2D eigenvalue weighted by atomic mass is 10.1. The molecule has 5 nitrogen and oxygen atoms in total. The highest BCUT2D eigenvalue weighted by Gasteiger charge is 2.31. The normalized spacial score (nSPS) is 18.3. The Labute approximate surface area is 146 Å². The molecule has 0 bridgehead atoms. The monoisotopic (exact) mass is 397 g/mol. The number of carboxylic acids is 1. The van der Waals surface area contributed by atoms with Crippen molar-refractivity contribution in [3.63, 3.8) is 0 Å². The van der Waals surface area contributed by atoms with Crippen molar-refractivity contribution in [2.45, 2.75) is 19.4 Å². The number of benzene rings is 1. The van der Waals surface area contributed by atoms with E-state index in [9.17, 15) is 9.59 Å². The van der Waals surface area contributed by atoms with Crippen LogP contribution in [-0.4, -0.2) is 46.0 Å². The quantitative estimate of drug-likeness (QED) is 0.857. The smallest absolute Gasteiger partial charge is 0.305 e. The van der Waals surface area contributed by atoms with Crippen molar-refractivity contribution in [2.24, 2.45) is 0 Å². The molecule has 0 radical (unpaired) electrons. The maximum atomic E-state index is 12.8. The Hall–Kier alpha value is -1.47. The number of hydrogen-bond donors (Lipinski definition) is 1. The molecule has 0 spiro atoms. The summed E-state index contributed by atoms with van der Waals surface area (Å²) in [5, 5.41) is 9.90. The molecule has 0 saturated carbocycles. The van der Waals surface area contributed by atoms with Crippen molar-refractivity contribution in [1.29, 1.82) is 0 Å². The molecule has 1 saturated heterocycles. The fraction of sp³-hybridized carbons (Fsp3) is 0.375. The number of carbonyl (C=O) groups excluding carboxylic acids is 1. The molecule has 1 amide bonds. The van der Waals surface area contributed by atoms with Crippen molar-refractivity contribution in [2.75, 3.05) is 18.1 Å². The van der Waals surface area contributed by atoms with Gasteiger partial charge in [-0.1, -0.05) is 15.9 Å². The Morgan fingerprint density at radius 1 is 1.43 bits per heavy atom. The van der Waals surface area contributed by atoms with E-state index in [4.69, 9.17) is 9.52 Å². The predicted molar refractivity (Wildman–Crippen MR) is 93.1 cm³/mol. The molecule has 1 aliphatic rings. The van der Waals surface area contributed by atoms with Crippen LogP contribution in [0.2, 0.25) is 0 Å². The molecule has 23 heavy (non-hydrogen) atoms. The second kappa shape index (κ2) is 6.57. The highest BCUT2D eigenvalue weighted by Crippen LogP contribution is 2.29. The van der Waals surface area contributed by atoms with E-state index in [1.54, 1.807) is 22.7 Å². The number of nitrogens with zero attached hydrogens (tertiary/aromatic N) is 1. The number of carbonyl (C=O) groups is 2. The van der Waals surface area contributed by atoms with Gasteiger partial charge < -0.3 is 14.4 Å². The minimum atomic E-state index is -0.889. The third kappa shape index (κ3) is 3.40. The summed E-state index contributed by atoms with van der Waals surface area (Å²) in [6.45, 7) is 2.47. The SMILES string of the molecule is Cc1cc(Br)cc2cc(C(=O)N3CCSCC3CC(=O)O)oc12. The van der Waals surface area contributed by atoms with Crippen molar-refractivity contribution in [3.05, 3.63) is 34.0 Å². The summed E-state index contributed by atoms with van der Waals surface area (Å²) in [6, 6.07) is 5.28. The van der Waals surface area contributed by atoms with Gasteiger partial charge in [0.1, 0.15) is 5.58 Å². The van der Waals surface area contributed by atoms with E-state index < -0.39 is 5.97 Å². The van der Waals surface area contributed by atoms with Crippen LogP contribution in [0.4, 0.5) is 0 Å². The highest BCUT2D eigenvalue weighted by atomic mass is 79.9. The van der Waals surface area contributed by atoms with Crippen molar-refractivity contribution < 1.29 is 19.1 Å². The third-order valence-corrected chi connectivity index (χ3v) is 5.43. The van der Waals surface area contributed by atoms with Gasteiger partial charge in [-0.25, -0.2) is 0 Å². The minimum Gasteiger partial charge on any atom is -0.481 e. The first kappa shape index (κ1) is 16.4. The van der Waals surface area contributed by atoms with Crippen LogP contribution in [0.1, 0.15) is 22.5 Å². The van der Waals surface area contributed by atoms with Gasteiger partial charge in [0.25, 0.3) is 5.91 Å². The van der Waals surface area contributed by atoms with E-state index in [1.165, 1.54) is 0 Å². The molecular formula is C16H16BrNO4S. The van der Waals surface area contributed by atoms with Gasteiger partial charge in [-0.15, -0.1) is 0 Å². The Kier molecular flexibility index (Phi) is 4.68. The van der Waals surface area contributed by atoms with Gasteiger partial charge >= 0.3 is 5.97 Å². The zero-order chi connectivity index (χ0) is 16.6. The number of aryl methyl sites for hydroxylation is 1. The fourth-order valence-corrected chi connectivity index (χ4v) is 4.48. The van der Waals surface area contributed by atoms with Gasteiger partial charge in [0, 0.05) is 27.9 Å². The van der Waals surface area contributed by atoms with Crippen LogP contribution in [0, 0.1) is 6.92 Å². The number of hydrogen-bond acceptors (Lipinski definition) is 4. The summed E-state index contributed by atoms with van der Waals surface area (Å²) in [7, 11) is 0. The van der Waals surface area contributed by atoms with Gasteiger partial charge in [-0.05, 0) is 30.7 Å². The Morgan fingerprint density at radius 3 is 2.96 bits per heavy atom. The van der Waals surface area contributed by atoms with E-state index in [1.807, 2.05) is 19.1 Å². The number of amides is 1. The molecular weight excluding hydrogens is 382 g/mol. The van der Waals surface area contributed by atoms with Crippen LogP contribution in [0.3, 0.4) is 0 Å². The zero-order valence-corrected chi connectivity index (χ0v) is 14.9. The predicted octanol–water partition coefficient (Wildman–Crippen LogP) is 3.54. The van der Waals surface area contributed by atoms with Gasteiger partial charge in [0.2, 0.25) is 0 Å². The van der Waals surface area contributed by atoms with Crippen LogP contribution in [0.5, 0.6) is 0 Å². The molecule has 0 aliphatic carbocycles. The summed E-state index contributed by atoms with van der Waals surface area (Å²) < 4.78 is 6.69. The van der Waals surface area contributed by atoms with Crippen molar-refractivity contribution in [1.82, 2.24) is 4.90 Å². The van der Waals surface area contributed by atoms with Crippen LogP contribution < -0.4 is 0 Å². The van der Waals surface area contributed by atoms with Crippen molar-refractivity contribution >= 4 is 50.5 Å². The molecule has 1 aromatic carbocycles. The summed E-state index contributed by atoms with van der Waals surface area (Å²) in [5.74, 6) is 0.599. The molecule has 122 valence electrons. The average Bonchev–Trinajstić information content (AvgIpc) is 2.90. The van der Waals surface area contributed by atoms with E-state index in [-0.39, 0.29) is 24.1 Å². The summed E-state index contributed by atoms with van der Waals surface area (Å²) in [5.41, 5.74) is 1.64. The number of rotatable bonds is 3. The number of thioether (sulfide) groups is 1. The van der Waals surface area contributed by atoms with Crippen LogP contribution in [0.25, 0.3) is 11.0 Å². The number of fused-ring (bicyclic) bond motifs is 1. The van der Waals surface area contributed by atoms with Crippen LogP contribution in [-0.2, 0) is 4.79 Å². The summed E-state index contributed by atoms with van der Waals surface area (Å²) >= 11 is 5.11. The lowest BCUT2D eigenvalue weighted by Crippen LogP contribution is -2.47. The summed E-state index contributed by atoms with van der Waals surface area (Å²) in [4.78, 5) is 25.4. The van der Waals surface area contributed by atoms with Gasteiger partial charge in [0.05, 0.1) is 12.5 Å². The molecule has 3 rings (SSSR count). The number of aliphatic carboxylic acids is 1. The average molecular weight is 398 g/mol. The van der Waals surface area contributed by atoms with Gasteiger partial charge in [-0.3, -0.25) is 9.59 Å². The first-order valence-corrected chi connectivity index (χ1v) is 9.20. The fourth-order valence-electron chi connectivity index (χ4n) is 2.82. The van der Waals surface area contributed by atoms with E-state index >= 15 is 0 Å². The van der Waals surface area contributed by atoms with Crippen LogP contribution in [0.15, 0.2) is 27.1 Å². The Bertz CT molecular complexity index is 773. The molecule has 1 unspecified atom stereocenters. The Morgan fingerprint density at radius 2 is 2.22 bits per heavy atom. The summed E-state index contributed by atoms with van der Waals surface area (Å²) in [6.07, 6.45) is -0.0382. The number of carboxylic acid groups (broad SMARTS) is 1. The third-order valence-electron chi connectivity index (χ3n) is 3.88. The number of halogens is 1. The molecule has 1 atom stereocenters. The molecule has 1 aliphatic heterocycles. The molecule has 2 aromatic rings. The van der Waals surface area contributed by atoms with Crippen LogP contribution >= 0.6 is 27.7 Å². The highest BCUT2D eigenvalue weighted by molar-refractivity contribution is 9.10. The minimum absolute atomic E-state index is 0.0382. The van der Waals surface area contributed by atoms with Gasteiger partial charge in [0.15, 0.2) is 5.76 Å². The maximum Gasteiger partial charge on any atom is 0.305 e. The molecule has 1 aromatic heterocycles. The van der Waals surface area contributed by atoms with Crippen molar-refractivity contribution in [3.8, 4) is 0 Å². The lowest BCUT2D eigenvalue weighted by Gasteiger charge is -2.33. The van der Waals surface area contributed by atoms with Gasteiger partial charge in [-0.2, -0.15) is 11.8 Å². The zero-order valence-electron chi connectivity index (χ0n) is 12.5. The molecule has 1 N–H and O–H groups in total. The molecule has 7 heteroatoms. The first-order chi connectivity index (χ1) is 11.0. The maximum absolute atomic E-state index is 12.8. The Balaban J connectivity index is 1.92. The standard InChI is InChI=1S/C16H16BrNO4S/c1-9-4-11(17)5-10-6-13(22-15(9)10)16(21)18-2-3-23-8-12(18)7-14(19)20/h4-6,12H,2-3,7-8H2,1H3,(H,19,20). The topological polar surface area (TPSA) is 70.8 Å². The van der Waals surface area contributed by atoms with E-state index in [2.05, 4.69) is 15.9 Å². The van der Waals surface area contributed by atoms with E-state index in [0.717, 1.165) is 21.2 Å². The lowest BCUT2D eigenvalue weighted by molar-refractivity contribution is -0.138. The van der Waals surface area contributed by atoms with E-state index in [0.29, 0.717) is 17.9 Å². The second-order valence-electron chi connectivity index (χ2n) is 5.58. The molecule has 1 fully saturated rings. The second-order valence-corrected chi connectivity index (χ2v) is 7.64. The number of furan rings is 1.